The molecule has 1 fully saturated rings. The quantitative estimate of drug-likeness (QED) is 0.910. The average molecular weight is 351 g/mol. The molecule has 1 aromatic carbocycles. The summed E-state index contributed by atoms with van der Waals surface area (Å²) in [6, 6.07) is 9.03. The highest BCUT2D eigenvalue weighted by Crippen LogP contribution is 2.16. The summed E-state index contributed by atoms with van der Waals surface area (Å²) >= 11 is 0. The molecule has 1 aliphatic heterocycles. The highest BCUT2D eigenvalue weighted by Gasteiger charge is 2.19. The molecule has 0 radical (unpaired) electrons. The number of aryl methyl sites for hydroxylation is 2. The molecule has 2 aromatic rings. The third-order valence-corrected chi connectivity index (χ3v) is 4.90. The highest BCUT2D eigenvalue weighted by molar-refractivity contribution is 6.04. The van der Waals surface area contributed by atoms with Crippen molar-refractivity contribution in [3.63, 3.8) is 0 Å². The fourth-order valence-corrected chi connectivity index (χ4v) is 3.16. The zero-order chi connectivity index (χ0) is 18.5. The third-order valence-electron chi connectivity index (χ3n) is 4.90. The molecule has 5 nitrogen and oxygen atoms in total. The van der Waals surface area contributed by atoms with Gasteiger partial charge in [0, 0.05) is 30.5 Å². The van der Waals surface area contributed by atoms with Gasteiger partial charge in [-0.25, -0.2) is 0 Å². The minimum Gasteiger partial charge on any atom is -0.339 e. The number of nitrogens with one attached hydrogen (secondary N) is 1. The Bertz CT molecular complexity index is 809. The van der Waals surface area contributed by atoms with Crippen molar-refractivity contribution in [1.29, 1.82) is 0 Å². The molecule has 0 unspecified atom stereocenters. The number of anilines is 1. The van der Waals surface area contributed by atoms with Crippen LogP contribution in [-0.4, -0.2) is 34.8 Å². The number of benzene rings is 1. The van der Waals surface area contributed by atoms with Crippen LogP contribution in [0.3, 0.4) is 0 Å². The van der Waals surface area contributed by atoms with E-state index < -0.39 is 0 Å². The maximum absolute atomic E-state index is 12.7. The molecule has 2 heterocycles. The summed E-state index contributed by atoms with van der Waals surface area (Å²) in [5, 5.41) is 2.86. The Balaban J connectivity index is 1.74. The smallest absolute Gasteiger partial charge is 0.274 e. The molecule has 26 heavy (non-hydrogen) atoms. The number of nitrogens with zero attached hydrogens (tertiary/aromatic N) is 2. The summed E-state index contributed by atoms with van der Waals surface area (Å²) in [5.74, 6) is -0.326. The number of amides is 2. The van der Waals surface area contributed by atoms with Crippen LogP contribution in [-0.2, 0) is 0 Å². The van der Waals surface area contributed by atoms with Crippen molar-refractivity contribution in [3.8, 4) is 0 Å². The molecule has 0 saturated carbocycles. The van der Waals surface area contributed by atoms with Crippen molar-refractivity contribution in [2.75, 3.05) is 18.4 Å². The first-order valence-electron chi connectivity index (χ1n) is 9.18. The third kappa shape index (κ3) is 4.28. The van der Waals surface area contributed by atoms with E-state index in [2.05, 4.69) is 10.3 Å². The van der Waals surface area contributed by atoms with E-state index in [1.807, 2.05) is 36.9 Å². The maximum Gasteiger partial charge on any atom is 0.274 e. The molecule has 1 aliphatic rings. The lowest BCUT2D eigenvalue weighted by molar-refractivity contribution is 0.0761. The molecular formula is C21H25N3O2. The number of hydrogen-bond acceptors (Lipinski definition) is 3. The maximum atomic E-state index is 12.7. The van der Waals surface area contributed by atoms with Crippen LogP contribution in [0.15, 0.2) is 36.5 Å². The fraction of sp³-hybridized carbons (Fsp3) is 0.381. The summed E-state index contributed by atoms with van der Waals surface area (Å²) in [7, 11) is 0. The van der Waals surface area contributed by atoms with Gasteiger partial charge in [0.15, 0.2) is 0 Å². The van der Waals surface area contributed by atoms with Crippen molar-refractivity contribution < 1.29 is 9.59 Å². The van der Waals surface area contributed by atoms with Crippen molar-refractivity contribution in [1.82, 2.24) is 9.88 Å². The second-order valence-electron chi connectivity index (χ2n) is 6.89. The Kier molecular flexibility index (Phi) is 5.66. The highest BCUT2D eigenvalue weighted by atomic mass is 16.2. The number of hydrogen-bond donors (Lipinski definition) is 1. The normalized spacial score (nSPS) is 14.6. The predicted molar refractivity (Wildman–Crippen MR) is 102 cm³/mol. The first-order chi connectivity index (χ1) is 12.5. The second-order valence-corrected chi connectivity index (χ2v) is 6.89. The van der Waals surface area contributed by atoms with Gasteiger partial charge in [0.1, 0.15) is 5.69 Å². The van der Waals surface area contributed by atoms with Gasteiger partial charge in [0.05, 0.1) is 0 Å². The van der Waals surface area contributed by atoms with Gasteiger partial charge in [-0.3, -0.25) is 14.6 Å². The Morgan fingerprint density at radius 1 is 0.962 bits per heavy atom. The number of aromatic nitrogens is 1. The zero-order valence-electron chi connectivity index (χ0n) is 15.4. The molecule has 0 spiro atoms. The van der Waals surface area contributed by atoms with Crippen LogP contribution in [0.5, 0.6) is 0 Å². The van der Waals surface area contributed by atoms with Crippen LogP contribution < -0.4 is 5.32 Å². The van der Waals surface area contributed by atoms with Crippen molar-refractivity contribution in [2.45, 2.75) is 39.5 Å². The van der Waals surface area contributed by atoms with E-state index in [4.69, 9.17) is 0 Å². The molecule has 3 rings (SSSR count). The van der Waals surface area contributed by atoms with Gasteiger partial charge < -0.3 is 10.2 Å². The molecule has 1 N–H and O–H groups in total. The summed E-state index contributed by atoms with van der Waals surface area (Å²) in [6.45, 7) is 5.60. The largest absolute Gasteiger partial charge is 0.339 e. The molecule has 0 atom stereocenters. The summed E-state index contributed by atoms with van der Waals surface area (Å²) in [6.07, 6.45) is 5.95. The molecule has 1 aromatic heterocycles. The van der Waals surface area contributed by atoms with E-state index in [0.717, 1.165) is 37.2 Å². The first-order valence-corrected chi connectivity index (χ1v) is 9.18. The van der Waals surface area contributed by atoms with Crippen molar-refractivity contribution in [3.05, 3.63) is 58.9 Å². The van der Waals surface area contributed by atoms with Gasteiger partial charge in [0.2, 0.25) is 0 Å². The summed E-state index contributed by atoms with van der Waals surface area (Å²) in [5.41, 5.74) is 3.78. The van der Waals surface area contributed by atoms with Crippen LogP contribution in [0.2, 0.25) is 0 Å². The Labute approximate surface area is 154 Å². The standard InChI is InChI=1S/C21H25N3O2/c1-15-7-8-18(13-16(15)2)23-20(25)19-14-17(9-10-22-19)21(26)24-11-5-3-4-6-12-24/h7-10,13-14H,3-6,11-12H2,1-2H3,(H,23,25). The topological polar surface area (TPSA) is 62.3 Å². The lowest BCUT2D eigenvalue weighted by atomic mass is 10.1. The SMILES string of the molecule is Cc1ccc(NC(=O)c2cc(C(=O)N3CCCCCC3)ccn2)cc1C. The van der Waals surface area contributed by atoms with Gasteiger partial charge in [-0.1, -0.05) is 18.9 Å². The number of likely N-dealkylation sites (tertiary alicyclic amines) is 1. The lowest BCUT2D eigenvalue weighted by Gasteiger charge is -2.20. The molecule has 0 bridgehead atoms. The Morgan fingerprint density at radius 2 is 1.69 bits per heavy atom. The number of rotatable bonds is 3. The summed E-state index contributed by atoms with van der Waals surface area (Å²) in [4.78, 5) is 31.3. The second kappa shape index (κ2) is 8.13. The molecule has 2 amide bonds. The number of carbonyl (C=O) groups is 2. The van der Waals surface area contributed by atoms with Crippen LogP contribution in [0.4, 0.5) is 5.69 Å². The molecular weight excluding hydrogens is 326 g/mol. The summed E-state index contributed by atoms with van der Waals surface area (Å²) < 4.78 is 0. The number of carbonyl (C=O) groups excluding carboxylic acids is 2. The molecule has 136 valence electrons. The predicted octanol–water partition coefficient (Wildman–Crippen LogP) is 3.97. The zero-order valence-corrected chi connectivity index (χ0v) is 15.4. The first kappa shape index (κ1) is 18.1. The van der Waals surface area contributed by atoms with Gasteiger partial charge >= 0.3 is 0 Å². The van der Waals surface area contributed by atoms with E-state index in [-0.39, 0.29) is 17.5 Å². The van der Waals surface area contributed by atoms with Crippen molar-refractivity contribution in [2.24, 2.45) is 0 Å². The van der Waals surface area contributed by atoms with Gasteiger partial charge in [-0.2, -0.15) is 0 Å². The van der Waals surface area contributed by atoms with E-state index in [1.54, 1.807) is 12.1 Å². The van der Waals surface area contributed by atoms with E-state index in [1.165, 1.54) is 24.6 Å². The molecule has 1 saturated heterocycles. The van der Waals surface area contributed by atoms with Crippen LogP contribution >= 0.6 is 0 Å². The van der Waals surface area contributed by atoms with Crippen LogP contribution in [0.1, 0.15) is 57.7 Å². The van der Waals surface area contributed by atoms with Gasteiger partial charge in [0.25, 0.3) is 11.8 Å². The van der Waals surface area contributed by atoms with Crippen molar-refractivity contribution >= 4 is 17.5 Å². The lowest BCUT2D eigenvalue weighted by Crippen LogP contribution is -2.32. The Hall–Kier alpha value is -2.69. The van der Waals surface area contributed by atoms with E-state index in [9.17, 15) is 9.59 Å². The minimum atomic E-state index is -0.307. The molecule has 0 aliphatic carbocycles. The van der Waals surface area contributed by atoms with Crippen LogP contribution in [0.25, 0.3) is 0 Å². The van der Waals surface area contributed by atoms with E-state index >= 15 is 0 Å². The van der Waals surface area contributed by atoms with E-state index in [0.29, 0.717) is 5.56 Å². The monoisotopic (exact) mass is 351 g/mol. The molecule has 5 heteroatoms. The van der Waals surface area contributed by atoms with Crippen LogP contribution in [0, 0.1) is 13.8 Å². The van der Waals surface area contributed by atoms with Gasteiger partial charge in [-0.15, -0.1) is 0 Å². The number of pyridine rings is 1. The Morgan fingerprint density at radius 3 is 2.38 bits per heavy atom. The van der Waals surface area contributed by atoms with Gasteiger partial charge in [-0.05, 0) is 62.1 Å². The average Bonchev–Trinajstić information content (AvgIpc) is 2.93. The fourth-order valence-electron chi connectivity index (χ4n) is 3.16. The minimum absolute atomic E-state index is 0.0190.